The molecule has 1 amide bonds. The molecule has 70 valence electrons. The van der Waals surface area contributed by atoms with Gasteiger partial charge in [0, 0.05) is 22.5 Å². The van der Waals surface area contributed by atoms with E-state index in [1.165, 1.54) is 0 Å². The van der Waals surface area contributed by atoms with Crippen LogP contribution >= 0.6 is 25.3 Å². The number of carbonyl (C=O) groups is 1. The summed E-state index contributed by atoms with van der Waals surface area (Å²) in [5.41, 5.74) is 0. The number of thiol groups is 2. The van der Waals surface area contributed by atoms with Crippen LogP contribution in [0.4, 0.5) is 0 Å². The number of amides is 1. The van der Waals surface area contributed by atoms with Crippen LogP contribution in [0.1, 0.15) is 20.3 Å². The van der Waals surface area contributed by atoms with E-state index in [4.69, 9.17) is 0 Å². The Morgan fingerprint density at radius 2 is 2.25 bits per heavy atom. The summed E-state index contributed by atoms with van der Waals surface area (Å²) in [5, 5.41) is 2.93. The first-order valence-corrected chi connectivity index (χ1v) is 5.16. The molecule has 0 spiro atoms. The second kappa shape index (κ2) is 3.50. The summed E-state index contributed by atoms with van der Waals surface area (Å²) in [6.45, 7) is 4.03. The van der Waals surface area contributed by atoms with Gasteiger partial charge in [-0.25, -0.2) is 0 Å². The maximum Gasteiger partial charge on any atom is 0.224 e. The van der Waals surface area contributed by atoms with E-state index in [2.05, 4.69) is 30.6 Å². The highest BCUT2D eigenvalue weighted by Crippen LogP contribution is 2.28. The van der Waals surface area contributed by atoms with Gasteiger partial charge in [-0.3, -0.25) is 4.79 Å². The normalized spacial score (nSPS) is 30.5. The van der Waals surface area contributed by atoms with Crippen molar-refractivity contribution in [2.75, 3.05) is 5.75 Å². The molecule has 1 N–H and O–H groups in total. The number of carbonyl (C=O) groups excluding carboxylic acids is 1. The molecular weight excluding hydrogens is 190 g/mol. The summed E-state index contributed by atoms with van der Waals surface area (Å²) in [7, 11) is 0. The molecule has 1 aliphatic heterocycles. The van der Waals surface area contributed by atoms with E-state index in [0.717, 1.165) is 6.42 Å². The van der Waals surface area contributed by atoms with Crippen molar-refractivity contribution in [3.05, 3.63) is 0 Å². The van der Waals surface area contributed by atoms with Gasteiger partial charge in [0.15, 0.2) is 0 Å². The van der Waals surface area contributed by atoms with Crippen molar-refractivity contribution in [3.8, 4) is 0 Å². The van der Waals surface area contributed by atoms with Crippen molar-refractivity contribution in [1.82, 2.24) is 5.32 Å². The Hall–Kier alpha value is 0.170. The van der Waals surface area contributed by atoms with E-state index in [1.807, 2.05) is 13.8 Å². The van der Waals surface area contributed by atoms with E-state index >= 15 is 0 Å². The first-order valence-electron chi connectivity index (χ1n) is 4.08. The number of hydrogen-bond acceptors (Lipinski definition) is 3. The molecule has 2 nitrogen and oxygen atoms in total. The predicted octanol–water partition coefficient (Wildman–Crippen LogP) is 1.13. The molecule has 0 aromatic heterocycles. The summed E-state index contributed by atoms with van der Waals surface area (Å²) in [4.78, 5) is 11.3. The lowest BCUT2D eigenvalue weighted by atomic mass is 9.98. The third-order valence-corrected chi connectivity index (χ3v) is 3.03. The van der Waals surface area contributed by atoms with Crippen LogP contribution in [-0.4, -0.2) is 22.4 Å². The van der Waals surface area contributed by atoms with Gasteiger partial charge in [0.25, 0.3) is 0 Å². The lowest BCUT2D eigenvalue weighted by molar-refractivity contribution is -0.122. The average Bonchev–Trinajstić information content (AvgIpc) is 2.29. The molecule has 4 heteroatoms. The molecule has 2 atom stereocenters. The monoisotopic (exact) mass is 205 g/mol. The fourth-order valence-electron chi connectivity index (χ4n) is 1.36. The SMILES string of the molecule is CC(C)(S)[C@@H]1C[C@@H](CS)C(=O)N1. The smallest absolute Gasteiger partial charge is 0.224 e. The molecule has 0 bridgehead atoms. The molecule has 0 radical (unpaired) electrons. The van der Waals surface area contributed by atoms with Gasteiger partial charge in [0.1, 0.15) is 0 Å². The average molecular weight is 205 g/mol. The standard InChI is InChI=1S/C8H15NOS2/c1-8(2,12)6-3-5(4-11)7(10)9-6/h5-6,11-12H,3-4H2,1-2H3,(H,9,10)/t5-,6-/m0/s1. The maximum atomic E-state index is 11.3. The van der Waals surface area contributed by atoms with Crippen LogP contribution in [0.15, 0.2) is 0 Å². The van der Waals surface area contributed by atoms with Crippen LogP contribution < -0.4 is 5.32 Å². The van der Waals surface area contributed by atoms with Crippen molar-refractivity contribution < 1.29 is 4.79 Å². The van der Waals surface area contributed by atoms with Gasteiger partial charge in [0.05, 0.1) is 0 Å². The highest BCUT2D eigenvalue weighted by molar-refractivity contribution is 7.81. The third kappa shape index (κ3) is 2.10. The molecule has 0 unspecified atom stereocenters. The highest BCUT2D eigenvalue weighted by atomic mass is 32.1. The summed E-state index contributed by atoms with van der Waals surface area (Å²) in [5.74, 6) is 0.827. The molecule has 1 rings (SSSR count). The molecule has 1 saturated heterocycles. The Bertz CT molecular complexity index is 188. The predicted molar refractivity (Wildman–Crippen MR) is 57.0 cm³/mol. The minimum Gasteiger partial charge on any atom is -0.352 e. The van der Waals surface area contributed by atoms with Crippen LogP contribution in [-0.2, 0) is 4.79 Å². The van der Waals surface area contributed by atoms with Gasteiger partial charge in [-0.05, 0) is 20.3 Å². The van der Waals surface area contributed by atoms with Gasteiger partial charge in [-0.1, -0.05) is 0 Å². The second-order valence-electron chi connectivity index (χ2n) is 3.83. The first kappa shape index (κ1) is 10.3. The minimum atomic E-state index is -0.132. The minimum absolute atomic E-state index is 0.0739. The quantitative estimate of drug-likeness (QED) is 0.580. The van der Waals surface area contributed by atoms with E-state index < -0.39 is 0 Å². The van der Waals surface area contributed by atoms with Gasteiger partial charge >= 0.3 is 0 Å². The first-order chi connectivity index (χ1) is 5.45. The molecule has 0 aliphatic carbocycles. The highest BCUT2D eigenvalue weighted by Gasteiger charge is 2.37. The Morgan fingerprint density at radius 3 is 2.50 bits per heavy atom. The molecule has 12 heavy (non-hydrogen) atoms. The third-order valence-electron chi connectivity index (χ3n) is 2.28. The molecular formula is C8H15NOS2. The van der Waals surface area contributed by atoms with E-state index in [0.29, 0.717) is 5.75 Å². The van der Waals surface area contributed by atoms with Crippen LogP contribution in [0, 0.1) is 5.92 Å². The maximum absolute atomic E-state index is 11.3. The topological polar surface area (TPSA) is 29.1 Å². The van der Waals surface area contributed by atoms with Crippen LogP contribution in [0.25, 0.3) is 0 Å². The Morgan fingerprint density at radius 1 is 1.67 bits per heavy atom. The fourth-order valence-corrected chi connectivity index (χ4v) is 1.85. The zero-order chi connectivity index (χ0) is 9.35. The van der Waals surface area contributed by atoms with Crippen LogP contribution in [0.5, 0.6) is 0 Å². The Balaban J connectivity index is 2.60. The van der Waals surface area contributed by atoms with Crippen molar-refractivity contribution >= 4 is 31.2 Å². The van der Waals surface area contributed by atoms with E-state index in [1.54, 1.807) is 0 Å². The van der Waals surface area contributed by atoms with E-state index in [9.17, 15) is 4.79 Å². The van der Waals surface area contributed by atoms with Gasteiger partial charge in [-0.2, -0.15) is 25.3 Å². The zero-order valence-electron chi connectivity index (χ0n) is 7.37. The second-order valence-corrected chi connectivity index (χ2v) is 5.35. The summed E-state index contributed by atoms with van der Waals surface area (Å²) in [6, 6.07) is 0.186. The van der Waals surface area contributed by atoms with Crippen LogP contribution in [0.3, 0.4) is 0 Å². The molecule has 1 aliphatic rings. The van der Waals surface area contributed by atoms with Crippen LogP contribution in [0.2, 0.25) is 0 Å². The molecule has 1 heterocycles. The summed E-state index contributed by atoms with van der Waals surface area (Å²) < 4.78 is -0.132. The molecule has 0 aromatic carbocycles. The lowest BCUT2D eigenvalue weighted by Gasteiger charge is -2.25. The van der Waals surface area contributed by atoms with Crippen molar-refractivity contribution in [2.45, 2.75) is 31.1 Å². The molecule has 0 saturated carbocycles. The number of rotatable bonds is 2. The van der Waals surface area contributed by atoms with Gasteiger partial charge in [-0.15, -0.1) is 0 Å². The zero-order valence-corrected chi connectivity index (χ0v) is 9.16. The fraction of sp³-hybridized carbons (Fsp3) is 0.875. The summed E-state index contributed by atoms with van der Waals surface area (Å²) in [6.07, 6.45) is 0.860. The lowest BCUT2D eigenvalue weighted by Crippen LogP contribution is -2.40. The Kier molecular flexibility index (Phi) is 2.99. The molecule has 1 fully saturated rings. The largest absolute Gasteiger partial charge is 0.352 e. The van der Waals surface area contributed by atoms with Gasteiger partial charge in [0.2, 0.25) is 5.91 Å². The number of nitrogens with one attached hydrogen (secondary N) is 1. The van der Waals surface area contributed by atoms with Crippen molar-refractivity contribution in [1.29, 1.82) is 0 Å². The Labute approximate surface area is 84.3 Å². The summed E-state index contributed by atoms with van der Waals surface area (Å²) >= 11 is 8.56. The molecule has 0 aromatic rings. The van der Waals surface area contributed by atoms with Crippen molar-refractivity contribution in [2.24, 2.45) is 5.92 Å². The van der Waals surface area contributed by atoms with E-state index in [-0.39, 0.29) is 22.6 Å². The number of hydrogen-bond donors (Lipinski definition) is 3. The van der Waals surface area contributed by atoms with Crippen molar-refractivity contribution in [3.63, 3.8) is 0 Å². The van der Waals surface area contributed by atoms with Gasteiger partial charge < -0.3 is 5.32 Å².